The molecular weight excluding hydrogens is 430 g/mol. The number of hydrogen-bond acceptors (Lipinski definition) is 6. The second-order valence-corrected chi connectivity index (χ2v) is 11.4. The molecule has 0 saturated carbocycles. The van der Waals surface area contributed by atoms with Gasteiger partial charge in [-0.05, 0) is 23.6 Å². The van der Waals surface area contributed by atoms with Crippen LogP contribution in [0.3, 0.4) is 0 Å². The van der Waals surface area contributed by atoms with Gasteiger partial charge in [0.15, 0.2) is 0 Å². The predicted molar refractivity (Wildman–Crippen MR) is 116 cm³/mol. The number of carbonyl (C=O) groups is 2. The largest absolute Gasteiger partial charge is 0.350 e. The van der Waals surface area contributed by atoms with Gasteiger partial charge in [0, 0.05) is 20.6 Å². The van der Waals surface area contributed by atoms with Gasteiger partial charge in [-0.2, -0.15) is 0 Å². The average Bonchev–Trinajstić information content (AvgIpc) is 3.14. The van der Waals surface area contributed by atoms with Gasteiger partial charge in [0.2, 0.25) is 11.8 Å². The van der Waals surface area contributed by atoms with E-state index >= 15 is 0 Å². The highest BCUT2D eigenvalue weighted by molar-refractivity contribution is 8.02. The molecule has 0 spiro atoms. The van der Waals surface area contributed by atoms with Crippen LogP contribution in [0.5, 0.6) is 0 Å². The minimum Gasteiger partial charge on any atom is -0.350 e. The van der Waals surface area contributed by atoms with Gasteiger partial charge >= 0.3 is 0 Å². The van der Waals surface area contributed by atoms with Crippen molar-refractivity contribution < 1.29 is 18.0 Å². The number of thioether (sulfide) groups is 1. The zero-order chi connectivity index (χ0) is 21.2. The monoisotopic (exact) mass is 453 g/mol. The lowest BCUT2D eigenvalue weighted by Gasteiger charge is -2.25. The fourth-order valence-corrected chi connectivity index (χ4v) is 6.68. The molecule has 0 unspecified atom stereocenters. The lowest BCUT2D eigenvalue weighted by Crippen LogP contribution is -2.42. The number of aryl methyl sites for hydroxylation is 1. The van der Waals surface area contributed by atoms with E-state index in [0.29, 0.717) is 12.2 Å². The number of fused-ring (bicyclic) bond motifs is 1. The summed E-state index contributed by atoms with van der Waals surface area (Å²) in [6.07, 6.45) is 0.955. The van der Waals surface area contributed by atoms with Crippen LogP contribution in [0.25, 0.3) is 0 Å². The number of carbonyl (C=O) groups excluding carboxylic acids is 2. The zero-order valence-corrected chi connectivity index (χ0v) is 18.9. The standard InChI is InChI=1S/C19H23N3O4S3/c1-4-13-5-7-14(8-6-13)10-20-16(23)11-22-15-9-18(29(25,26)21(2)3)28-19(15)27-12-17(22)24/h5-9H,4,10-12H2,1-3H3,(H,20,23). The van der Waals surface area contributed by atoms with Gasteiger partial charge in [-0.1, -0.05) is 31.2 Å². The molecule has 2 aromatic rings. The molecule has 1 N–H and O–H groups in total. The smallest absolute Gasteiger partial charge is 0.252 e. The molecule has 0 atom stereocenters. The summed E-state index contributed by atoms with van der Waals surface area (Å²) >= 11 is 2.43. The van der Waals surface area contributed by atoms with Crippen LogP contribution in [0, 0.1) is 0 Å². The summed E-state index contributed by atoms with van der Waals surface area (Å²) in [7, 11) is -0.667. The van der Waals surface area contributed by atoms with Gasteiger partial charge in [-0.15, -0.1) is 23.1 Å². The Labute approximate surface area is 179 Å². The average molecular weight is 454 g/mol. The van der Waals surface area contributed by atoms with E-state index in [2.05, 4.69) is 12.2 Å². The van der Waals surface area contributed by atoms with Crippen LogP contribution < -0.4 is 10.2 Å². The van der Waals surface area contributed by atoms with Crippen molar-refractivity contribution in [3.8, 4) is 0 Å². The van der Waals surface area contributed by atoms with Crippen molar-refractivity contribution in [1.82, 2.24) is 9.62 Å². The Kier molecular flexibility index (Phi) is 6.67. The molecule has 2 amide bonds. The highest BCUT2D eigenvalue weighted by Crippen LogP contribution is 2.43. The molecule has 7 nitrogen and oxygen atoms in total. The lowest BCUT2D eigenvalue weighted by molar-refractivity contribution is -0.123. The summed E-state index contributed by atoms with van der Waals surface area (Å²) in [5.74, 6) is -0.323. The normalized spacial score (nSPS) is 14.2. The fraction of sp³-hybridized carbons (Fsp3) is 0.368. The number of thiophene rings is 1. The highest BCUT2D eigenvalue weighted by Gasteiger charge is 2.32. The van der Waals surface area contributed by atoms with Gasteiger partial charge in [0.1, 0.15) is 10.8 Å². The molecule has 1 aliphatic rings. The lowest BCUT2D eigenvalue weighted by atomic mass is 10.1. The summed E-state index contributed by atoms with van der Waals surface area (Å²) in [6.45, 7) is 2.31. The molecule has 0 fully saturated rings. The van der Waals surface area contributed by atoms with Crippen molar-refractivity contribution in [2.24, 2.45) is 0 Å². The van der Waals surface area contributed by atoms with Gasteiger partial charge < -0.3 is 10.2 Å². The molecule has 1 aromatic carbocycles. The summed E-state index contributed by atoms with van der Waals surface area (Å²) in [5.41, 5.74) is 2.69. The maximum Gasteiger partial charge on any atom is 0.252 e. The first-order chi connectivity index (χ1) is 13.7. The van der Waals surface area contributed by atoms with Crippen molar-refractivity contribution in [2.45, 2.75) is 28.3 Å². The van der Waals surface area contributed by atoms with E-state index < -0.39 is 10.0 Å². The first kappa shape index (κ1) is 21.8. The van der Waals surface area contributed by atoms with Gasteiger partial charge in [0.05, 0.1) is 15.6 Å². The number of anilines is 1. The number of amides is 2. The van der Waals surface area contributed by atoms with Crippen LogP contribution in [-0.4, -0.2) is 50.9 Å². The Bertz CT molecular complexity index is 1010. The first-order valence-corrected chi connectivity index (χ1v) is 12.3. The van der Waals surface area contributed by atoms with Crippen LogP contribution in [0.4, 0.5) is 5.69 Å². The van der Waals surface area contributed by atoms with Crippen molar-refractivity contribution in [3.05, 3.63) is 41.5 Å². The number of rotatable bonds is 7. The van der Waals surface area contributed by atoms with E-state index in [1.54, 1.807) is 0 Å². The number of nitrogens with zero attached hydrogens (tertiary/aromatic N) is 2. The number of sulfonamides is 1. The summed E-state index contributed by atoms with van der Waals surface area (Å²) in [5, 5.41) is 2.83. The minimum absolute atomic E-state index is 0.141. The predicted octanol–water partition coefficient (Wildman–Crippen LogP) is 2.32. The van der Waals surface area contributed by atoms with Crippen molar-refractivity contribution >= 4 is 50.6 Å². The summed E-state index contributed by atoms with van der Waals surface area (Å²) < 4.78 is 26.8. The number of nitrogens with one attached hydrogen (secondary N) is 1. The maximum absolute atomic E-state index is 12.4. The van der Waals surface area contributed by atoms with E-state index in [1.807, 2.05) is 24.3 Å². The molecule has 10 heteroatoms. The number of benzene rings is 1. The Hall–Kier alpha value is -1.88. The molecule has 3 rings (SSSR count). The number of hydrogen-bond donors (Lipinski definition) is 1. The quantitative estimate of drug-likeness (QED) is 0.695. The molecule has 1 aromatic heterocycles. The van der Waals surface area contributed by atoms with E-state index in [9.17, 15) is 18.0 Å². The molecule has 0 aliphatic carbocycles. The maximum atomic E-state index is 12.4. The zero-order valence-electron chi connectivity index (χ0n) is 16.5. The third-order valence-electron chi connectivity index (χ3n) is 4.53. The molecule has 0 bridgehead atoms. The third kappa shape index (κ3) is 4.82. The van der Waals surface area contributed by atoms with Gasteiger partial charge in [0.25, 0.3) is 10.0 Å². The molecular formula is C19H23N3O4S3. The Morgan fingerprint density at radius 2 is 1.86 bits per heavy atom. The second-order valence-electron chi connectivity index (χ2n) is 6.74. The van der Waals surface area contributed by atoms with E-state index in [1.165, 1.54) is 42.4 Å². The molecule has 0 saturated heterocycles. The van der Waals surface area contributed by atoms with Crippen LogP contribution >= 0.6 is 23.1 Å². The molecule has 1 aliphatic heterocycles. The van der Waals surface area contributed by atoms with Crippen LogP contribution in [0.15, 0.2) is 38.8 Å². The van der Waals surface area contributed by atoms with E-state index in [0.717, 1.165) is 31.8 Å². The van der Waals surface area contributed by atoms with Crippen molar-refractivity contribution in [1.29, 1.82) is 0 Å². The highest BCUT2D eigenvalue weighted by atomic mass is 32.3. The van der Waals surface area contributed by atoms with E-state index in [-0.39, 0.29) is 28.3 Å². The first-order valence-electron chi connectivity index (χ1n) is 9.06. The van der Waals surface area contributed by atoms with Crippen LogP contribution in [-0.2, 0) is 32.6 Å². The molecule has 0 radical (unpaired) electrons. The Balaban J connectivity index is 1.71. The summed E-state index contributed by atoms with van der Waals surface area (Å²) in [4.78, 5) is 26.2. The van der Waals surface area contributed by atoms with E-state index in [4.69, 9.17) is 0 Å². The van der Waals surface area contributed by atoms with Crippen molar-refractivity contribution in [2.75, 3.05) is 31.3 Å². The minimum atomic E-state index is -3.59. The fourth-order valence-electron chi connectivity index (χ4n) is 2.75. The van der Waals surface area contributed by atoms with Crippen LogP contribution in [0.2, 0.25) is 0 Å². The third-order valence-corrected chi connectivity index (χ3v) is 9.18. The summed E-state index contributed by atoms with van der Waals surface area (Å²) in [6, 6.07) is 9.47. The SMILES string of the molecule is CCc1ccc(CNC(=O)CN2C(=O)CSc3sc(S(=O)(=O)N(C)C)cc32)cc1. The second kappa shape index (κ2) is 8.86. The molecule has 156 valence electrons. The molecule has 2 heterocycles. The van der Waals surface area contributed by atoms with Crippen LogP contribution in [0.1, 0.15) is 18.1 Å². The molecule has 29 heavy (non-hydrogen) atoms. The van der Waals surface area contributed by atoms with Gasteiger partial charge in [-0.25, -0.2) is 12.7 Å². The Morgan fingerprint density at radius 1 is 1.21 bits per heavy atom. The van der Waals surface area contributed by atoms with Crippen molar-refractivity contribution in [3.63, 3.8) is 0 Å². The topological polar surface area (TPSA) is 86.8 Å². The van der Waals surface area contributed by atoms with Gasteiger partial charge in [-0.3, -0.25) is 9.59 Å². The Morgan fingerprint density at radius 3 is 2.48 bits per heavy atom.